The molecule has 136 valence electrons. The molecule has 0 aliphatic rings. The van der Waals surface area contributed by atoms with Crippen molar-refractivity contribution in [2.45, 2.75) is 13.0 Å². The van der Waals surface area contributed by atoms with Crippen molar-refractivity contribution in [3.8, 4) is 17.2 Å². The fraction of sp³-hybridized carbons (Fsp3) is 0.158. The maximum atomic E-state index is 12.3. The van der Waals surface area contributed by atoms with E-state index in [-0.39, 0.29) is 11.5 Å². The van der Waals surface area contributed by atoms with E-state index in [9.17, 15) is 14.7 Å². The lowest BCUT2D eigenvalue weighted by molar-refractivity contribution is -0.144. The summed E-state index contributed by atoms with van der Waals surface area (Å²) < 4.78 is 10.7. The second-order valence-corrected chi connectivity index (χ2v) is 6.23. The van der Waals surface area contributed by atoms with Crippen LogP contribution in [0.1, 0.15) is 22.8 Å². The average molecular weight is 421 g/mol. The maximum Gasteiger partial charge on any atom is 0.344 e. The van der Waals surface area contributed by atoms with Gasteiger partial charge in [0.2, 0.25) is 0 Å². The fourth-order valence-electron chi connectivity index (χ4n) is 2.07. The molecule has 1 unspecified atom stereocenters. The molecule has 2 rings (SSSR count). The highest BCUT2D eigenvalue weighted by Crippen LogP contribution is 2.35. The molecule has 0 aliphatic heterocycles. The van der Waals surface area contributed by atoms with Crippen molar-refractivity contribution in [1.29, 1.82) is 0 Å². The van der Waals surface area contributed by atoms with Gasteiger partial charge in [0.05, 0.1) is 11.6 Å². The first kappa shape index (κ1) is 19.5. The molecule has 0 aliphatic carbocycles. The smallest absolute Gasteiger partial charge is 0.344 e. The first-order valence-electron chi connectivity index (χ1n) is 7.60. The standard InChI is InChI=1S/C19H17BrO6/c1-11(19(23)24)26-14-6-4-13(5-7-14)16(21)8-3-12-9-15(20)18(22)17(10-12)25-2/h3-11,22H,1-2H3,(H,23,24)/b8-3+. The van der Waals surface area contributed by atoms with Gasteiger partial charge in [0.1, 0.15) is 5.75 Å². The molecule has 6 nitrogen and oxygen atoms in total. The predicted molar refractivity (Wildman–Crippen MR) is 99.9 cm³/mol. The number of carbonyl (C=O) groups is 2. The summed E-state index contributed by atoms with van der Waals surface area (Å²) in [5.41, 5.74) is 1.11. The highest BCUT2D eigenvalue weighted by molar-refractivity contribution is 9.10. The molecule has 2 aromatic carbocycles. The number of ether oxygens (including phenoxy) is 2. The summed E-state index contributed by atoms with van der Waals surface area (Å²) in [6, 6.07) is 9.47. The predicted octanol–water partition coefficient (Wildman–Crippen LogP) is 3.91. The van der Waals surface area contributed by atoms with E-state index in [1.54, 1.807) is 42.5 Å². The minimum atomic E-state index is -1.07. The zero-order valence-corrected chi connectivity index (χ0v) is 15.7. The summed E-state index contributed by atoms with van der Waals surface area (Å²) in [6.45, 7) is 1.42. The summed E-state index contributed by atoms with van der Waals surface area (Å²) in [5, 5.41) is 18.6. The minimum absolute atomic E-state index is 0.0119. The van der Waals surface area contributed by atoms with Crippen molar-refractivity contribution < 1.29 is 29.3 Å². The molecule has 2 N–H and O–H groups in total. The van der Waals surface area contributed by atoms with E-state index in [4.69, 9.17) is 14.6 Å². The Bertz CT molecular complexity index is 842. The van der Waals surface area contributed by atoms with E-state index in [1.807, 2.05) is 0 Å². The van der Waals surface area contributed by atoms with Crippen molar-refractivity contribution in [3.05, 3.63) is 58.1 Å². The van der Waals surface area contributed by atoms with Crippen LogP contribution in [0.5, 0.6) is 17.2 Å². The number of benzene rings is 2. The van der Waals surface area contributed by atoms with Crippen molar-refractivity contribution in [1.82, 2.24) is 0 Å². The van der Waals surface area contributed by atoms with Crippen molar-refractivity contribution in [3.63, 3.8) is 0 Å². The summed E-state index contributed by atoms with van der Waals surface area (Å²) in [6.07, 6.45) is 2.03. The fourth-order valence-corrected chi connectivity index (χ4v) is 2.53. The lowest BCUT2D eigenvalue weighted by Gasteiger charge is -2.10. The van der Waals surface area contributed by atoms with Gasteiger partial charge in [-0.2, -0.15) is 0 Å². The SMILES string of the molecule is COc1cc(/C=C/C(=O)c2ccc(OC(C)C(=O)O)cc2)cc(Br)c1O. The van der Waals surface area contributed by atoms with Gasteiger partial charge >= 0.3 is 5.97 Å². The van der Waals surface area contributed by atoms with Crippen LogP contribution in [0.3, 0.4) is 0 Å². The molecule has 0 aromatic heterocycles. The largest absolute Gasteiger partial charge is 0.503 e. The molecule has 1 atom stereocenters. The van der Waals surface area contributed by atoms with Crippen molar-refractivity contribution in [2.75, 3.05) is 7.11 Å². The number of allylic oxidation sites excluding steroid dienone is 1. The average Bonchev–Trinajstić information content (AvgIpc) is 2.62. The second-order valence-electron chi connectivity index (χ2n) is 5.37. The third-order valence-corrected chi connectivity index (χ3v) is 4.10. The topological polar surface area (TPSA) is 93.1 Å². The molecule has 0 saturated heterocycles. The van der Waals surface area contributed by atoms with Crippen LogP contribution in [0.25, 0.3) is 6.08 Å². The Hall–Kier alpha value is -2.80. The third-order valence-electron chi connectivity index (χ3n) is 3.50. The van der Waals surface area contributed by atoms with Crippen LogP contribution >= 0.6 is 15.9 Å². The van der Waals surface area contributed by atoms with Gasteiger partial charge in [-0.3, -0.25) is 4.79 Å². The van der Waals surface area contributed by atoms with E-state index in [0.29, 0.717) is 27.1 Å². The molecule has 0 spiro atoms. The van der Waals surface area contributed by atoms with Gasteiger partial charge in [-0.25, -0.2) is 4.79 Å². The molecule has 0 heterocycles. The molecule has 0 radical (unpaired) electrons. The van der Waals surface area contributed by atoms with E-state index in [2.05, 4.69) is 15.9 Å². The van der Waals surface area contributed by atoms with Gasteiger partial charge in [-0.15, -0.1) is 0 Å². The van der Waals surface area contributed by atoms with E-state index in [0.717, 1.165) is 0 Å². The number of carboxylic acids is 1. The number of carbonyl (C=O) groups excluding carboxylic acids is 1. The van der Waals surface area contributed by atoms with E-state index < -0.39 is 12.1 Å². The Morgan fingerprint density at radius 1 is 1.19 bits per heavy atom. The number of aliphatic carboxylic acids is 1. The van der Waals surface area contributed by atoms with Gasteiger partial charge in [0.15, 0.2) is 23.4 Å². The maximum absolute atomic E-state index is 12.3. The molecule has 2 aromatic rings. The van der Waals surface area contributed by atoms with Crippen molar-refractivity contribution >= 4 is 33.8 Å². The highest BCUT2D eigenvalue weighted by Gasteiger charge is 2.12. The Kier molecular flexibility index (Phi) is 6.41. The summed E-state index contributed by atoms with van der Waals surface area (Å²) in [5.74, 6) is -0.648. The summed E-state index contributed by atoms with van der Waals surface area (Å²) in [7, 11) is 1.44. The molecule has 0 saturated carbocycles. The van der Waals surface area contributed by atoms with E-state index in [1.165, 1.54) is 20.1 Å². The number of aromatic hydroxyl groups is 1. The highest BCUT2D eigenvalue weighted by atomic mass is 79.9. The number of phenols is 1. The van der Waals surface area contributed by atoms with Crippen molar-refractivity contribution in [2.24, 2.45) is 0 Å². The third kappa shape index (κ3) is 4.86. The molecule has 7 heteroatoms. The number of carboxylic acid groups (broad SMARTS) is 1. The van der Waals surface area contributed by atoms with Crippen LogP contribution in [0.2, 0.25) is 0 Å². The molecule has 0 amide bonds. The van der Waals surface area contributed by atoms with Crippen LogP contribution in [0.4, 0.5) is 0 Å². The Morgan fingerprint density at radius 2 is 1.85 bits per heavy atom. The number of rotatable bonds is 7. The van der Waals surface area contributed by atoms with Crippen LogP contribution in [-0.2, 0) is 4.79 Å². The Balaban J connectivity index is 2.11. The Morgan fingerprint density at radius 3 is 2.42 bits per heavy atom. The van der Waals surface area contributed by atoms with Gasteiger partial charge in [-0.1, -0.05) is 6.08 Å². The lowest BCUT2D eigenvalue weighted by atomic mass is 10.1. The van der Waals surface area contributed by atoms with Gasteiger partial charge in [-0.05, 0) is 70.9 Å². The van der Waals surface area contributed by atoms with Gasteiger partial charge in [0.25, 0.3) is 0 Å². The molecule has 0 fully saturated rings. The number of methoxy groups -OCH3 is 1. The number of hydrogen-bond donors (Lipinski definition) is 2. The van der Waals surface area contributed by atoms with Crippen LogP contribution < -0.4 is 9.47 Å². The number of hydrogen-bond acceptors (Lipinski definition) is 5. The van der Waals surface area contributed by atoms with Crippen LogP contribution in [0.15, 0.2) is 46.9 Å². The van der Waals surface area contributed by atoms with Crippen LogP contribution in [-0.4, -0.2) is 35.2 Å². The first-order chi connectivity index (χ1) is 12.3. The summed E-state index contributed by atoms with van der Waals surface area (Å²) in [4.78, 5) is 23.0. The lowest BCUT2D eigenvalue weighted by Crippen LogP contribution is -2.22. The normalized spacial score (nSPS) is 12.0. The summed E-state index contributed by atoms with van der Waals surface area (Å²) >= 11 is 3.22. The monoisotopic (exact) mass is 420 g/mol. The number of halogens is 1. The second kappa shape index (κ2) is 8.53. The number of phenolic OH excluding ortho intramolecular Hbond substituents is 1. The molecule has 26 heavy (non-hydrogen) atoms. The molecular formula is C19H17BrO6. The number of ketones is 1. The zero-order chi connectivity index (χ0) is 19.3. The zero-order valence-electron chi connectivity index (χ0n) is 14.1. The Labute approximate surface area is 158 Å². The quantitative estimate of drug-likeness (QED) is 0.520. The van der Waals surface area contributed by atoms with E-state index >= 15 is 0 Å². The molecular weight excluding hydrogens is 404 g/mol. The van der Waals surface area contributed by atoms with Gasteiger partial charge in [0, 0.05) is 5.56 Å². The first-order valence-corrected chi connectivity index (χ1v) is 8.39. The molecule has 0 bridgehead atoms. The minimum Gasteiger partial charge on any atom is -0.503 e. The van der Waals surface area contributed by atoms with Gasteiger partial charge < -0.3 is 19.7 Å². The van der Waals surface area contributed by atoms with Crippen LogP contribution in [0, 0.1) is 0 Å².